The van der Waals surface area contributed by atoms with Crippen LogP contribution >= 0.6 is 0 Å². The summed E-state index contributed by atoms with van der Waals surface area (Å²) in [5.41, 5.74) is 10.2. The third-order valence-electron chi connectivity index (χ3n) is 5.27. The number of nitrogens with two attached hydrogens (primary N) is 1. The number of nitrogens with zero attached hydrogens (tertiary/aromatic N) is 2. The minimum absolute atomic E-state index is 0.0152. The topological polar surface area (TPSA) is 75.9 Å². The number of benzene rings is 2. The van der Waals surface area contributed by atoms with E-state index in [1.54, 1.807) is 7.05 Å². The normalized spacial score (nSPS) is 13.7. The molecular weight excluding hydrogens is 354 g/mol. The Morgan fingerprint density at radius 1 is 1.00 bits per heavy atom. The van der Waals surface area contributed by atoms with Crippen molar-refractivity contribution in [2.75, 3.05) is 34.3 Å². The number of hydrogen-bond donors (Lipinski definition) is 1. The molecule has 6 heteroatoms. The van der Waals surface area contributed by atoms with Crippen LogP contribution in [0.4, 0.5) is 4.79 Å². The van der Waals surface area contributed by atoms with Gasteiger partial charge in [0, 0.05) is 13.0 Å². The van der Waals surface area contributed by atoms with Crippen LogP contribution in [0.25, 0.3) is 11.1 Å². The fourth-order valence-corrected chi connectivity index (χ4v) is 3.73. The Morgan fingerprint density at radius 3 is 2.04 bits per heavy atom. The van der Waals surface area contributed by atoms with Gasteiger partial charge in [-0.05, 0) is 49.3 Å². The van der Waals surface area contributed by atoms with E-state index in [0.717, 1.165) is 11.1 Å². The predicted octanol–water partition coefficient (Wildman–Crippen LogP) is 2.67. The quantitative estimate of drug-likeness (QED) is 0.800. The van der Waals surface area contributed by atoms with Gasteiger partial charge in [-0.15, -0.1) is 0 Å². The lowest BCUT2D eigenvalue weighted by molar-refractivity contribution is -0.122. The molecule has 1 aliphatic rings. The molecule has 6 nitrogen and oxygen atoms in total. The number of amides is 2. The molecule has 1 aliphatic carbocycles. The van der Waals surface area contributed by atoms with Crippen molar-refractivity contribution in [3.63, 3.8) is 0 Å². The van der Waals surface area contributed by atoms with Gasteiger partial charge >= 0.3 is 6.09 Å². The molecule has 0 saturated heterocycles. The number of rotatable bonds is 7. The minimum atomic E-state index is -0.696. The van der Waals surface area contributed by atoms with Crippen molar-refractivity contribution in [3.8, 4) is 11.1 Å². The number of carbonyl (C=O) groups is 2. The first-order valence-electron chi connectivity index (χ1n) is 9.42. The highest BCUT2D eigenvalue weighted by Gasteiger charge is 2.31. The molecule has 0 aliphatic heterocycles. The van der Waals surface area contributed by atoms with Crippen LogP contribution in [0.15, 0.2) is 48.5 Å². The second kappa shape index (κ2) is 8.44. The first kappa shape index (κ1) is 19.9. The summed E-state index contributed by atoms with van der Waals surface area (Å²) in [5, 5.41) is 0. The van der Waals surface area contributed by atoms with Gasteiger partial charge in [-0.1, -0.05) is 48.5 Å². The average Bonchev–Trinajstić information content (AvgIpc) is 2.99. The van der Waals surface area contributed by atoms with Crippen LogP contribution in [0.2, 0.25) is 0 Å². The molecule has 2 N–H and O–H groups in total. The van der Waals surface area contributed by atoms with E-state index in [4.69, 9.17) is 10.5 Å². The van der Waals surface area contributed by atoms with E-state index in [1.807, 2.05) is 43.3 Å². The molecule has 2 aromatic carbocycles. The Bertz CT molecular complexity index is 820. The van der Waals surface area contributed by atoms with E-state index >= 15 is 0 Å². The zero-order chi connectivity index (χ0) is 20.3. The molecule has 0 bridgehead atoms. The summed E-state index contributed by atoms with van der Waals surface area (Å²) in [6.45, 7) is 0.866. The van der Waals surface area contributed by atoms with Crippen molar-refractivity contribution in [2.45, 2.75) is 18.4 Å². The third kappa shape index (κ3) is 4.02. The molecule has 148 valence electrons. The Balaban J connectivity index is 1.71. The molecule has 2 aromatic rings. The first-order chi connectivity index (χ1) is 13.4. The fraction of sp³-hybridized carbons (Fsp3) is 0.364. The van der Waals surface area contributed by atoms with Gasteiger partial charge in [0.25, 0.3) is 0 Å². The zero-order valence-corrected chi connectivity index (χ0v) is 16.6. The number of likely N-dealkylation sites (N-methyl/N-ethyl adjacent to an activating group) is 1. The Kier molecular flexibility index (Phi) is 5.99. The van der Waals surface area contributed by atoms with Crippen LogP contribution in [0.3, 0.4) is 0 Å². The number of carbonyl (C=O) groups excluding carboxylic acids is 2. The van der Waals surface area contributed by atoms with Gasteiger partial charge in [0.2, 0.25) is 5.91 Å². The highest BCUT2D eigenvalue weighted by Crippen LogP contribution is 2.44. The van der Waals surface area contributed by atoms with Crippen molar-refractivity contribution < 1.29 is 14.3 Å². The summed E-state index contributed by atoms with van der Waals surface area (Å²) in [4.78, 5) is 27.6. The maximum Gasteiger partial charge on any atom is 0.410 e. The molecule has 0 spiro atoms. The fourth-order valence-electron chi connectivity index (χ4n) is 3.73. The van der Waals surface area contributed by atoms with Crippen LogP contribution in [-0.4, -0.2) is 62.1 Å². The van der Waals surface area contributed by atoms with Gasteiger partial charge in [0.05, 0.1) is 0 Å². The summed E-state index contributed by atoms with van der Waals surface area (Å²) in [7, 11) is 5.38. The smallest absolute Gasteiger partial charge is 0.410 e. The highest BCUT2D eigenvalue weighted by atomic mass is 16.6. The van der Waals surface area contributed by atoms with Crippen molar-refractivity contribution in [3.05, 3.63) is 59.7 Å². The molecular formula is C22H27N3O3. The summed E-state index contributed by atoms with van der Waals surface area (Å²) in [5.74, 6) is -0.545. The summed E-state index contributed by atoms with van der Waals surface area (Å²) >= 11 is 0. The molecule has 0 heterocycles. The van der Waals surface area contributed by atoms with Crippen LogP contribution in [0.5, 0.6) is 0 Å². The van der Waals surface area contributed by atoms with Gasteiger partial charge in [-0.3, -0.25) is 9.69 Å². The second-order valence-electron chi connectivity index (χ2n) is 7.43. The molecule has 0 radical (unpaired) electrons. The summed E-state index contributed by atoms with van der Waals surface area (Å²) < 4.78 is 5.61. The van der Waals surface area contributed by atoms with Crippen LogP contribution in [0.1, 0.15) is 23.5 Å². The van der Waals surface area contributed by atoms with Crippen LogP contribution in [0, 0.1) is 0 Å². The maximum atomic E-state index is 12.6. The highest BCUT2D eigenvalue weighted by molar-refractivity contribution is 5.84. The lowest BCUT2D eigenvalue weighted by Gasteiger charge is -2.26. The Morgan fingerprint density at radius 2 is 1.54 bits per heavy atom. The van der Waals surface area contributed by atoms with E-state index < -0.39 is 18.0 Å². The molecule has 3 rings (SSSR count). The standard InChI is InChI=1S/C22H27N3O3/c1-24(2)13-12-20(21(23)26)25(3)22(27)28-14-19-17-10-6-4-8-15(17)16-9-5-7-11-18(16)19/h4-11,19-20H,12-14H2,1-3H3,(H2,23,26)/t20-/m0/s1. The van der Waals surface area contributed by atoms with Crippen molar-refractivity contribution in [1.82, 2.24) is 9.80 Å². The third-order valence-corrected chi connectivity index (χ3v) is 5.27. The zero-order valence-electron chi connectivity index (χ0n) is 16.6. The second-order valence-corrected chi connectivity index (χ2v) is 7.43. The van der Waals surface area contributed by atoms with Gasteiger partial charge in [0.1, 0.15) is 12.6 Å². The van der Waals surface area contributed by atoms with Crippen LogP contribution < -0.4 is 5.73 Å². The van der Waals surface area contributed by atoms with Gasteiger partial charge in [-0.2, -0.15) is 0 Å². The number of fused-ring (bicyclic) bond motifs is 3. The summed E-state index contributed by atoms with van der Waals surface area (Å²) in [6.07, 6.45) is -0.0762. The Hall–Kier alpha value is -2.86. The average molecular weight is 381 g/mol. The maximum absolute atomic E-state index is 12.6. The summed E-state index contributed by atoms with van der Waals surface area (Å²) in [6, 6.07) is 15.6. The van der Waals surface area contributed by atoms with Gasteiger partial charge in [-0.25, -0.2) is 4.79 Å². The van der Waals surface area contributed by atoms with E-state index in [0.29, 0.717) is 13.0 Å². The minimum Gasteiger partial charge on any atom is -0.448 e. The predicted molar refractivity (Wildman–Crippen MR) is 109 cm³/mol. The van der Waals surface area contributed by atoms with Crippen molar-refractivity contribution in [2.24, 2.45) is 5.73 Å². The van der Waals surface area contributed by atoms with Crippen LogP contribution in [-0.2, 0) is 9.53 Å². The molecule has 0 fully saturated rings. The van der Waals surface area contributed by atoms with Crippen molar-refractivity contribution >= 4 is 12.0 Å². The lowest BCUT2D eigenvalue weighted by Crippen LogP contribution is -2.47. The van der Waals surface area contributed by atoms with E-state index in [-0.39, 0.29) is 12.5 Å². The monoisotopic (exact) mass is 381 g/mol. The molecule has 0 aromatic heterocycles. The molecule has 0 unspecified atom stereocenters. The molecule has 1 atom stereocenters. The largest absolute Gasteiger partial charge is 0.448 e. The van der Waals surface area contributed by atoms with E-state index in [1.165, 1.54) is 16.0 Å². The van der Waals surface area contributed by atoms with E-state index in [9.17, 15) is 9.59 Å². The van der Waals surface area contributed by atoms with Gasteiger partial charge < -0.3 is 15.4 Å². The van der Waals surface area contributed by atoms with Crippen molar-refractivity contribution in [1.29, 1.82) is 0 Å². The lowest BCUT2D eigenvalue weighted by atomic mass is 9.98. The number of primary amides is 1. The Labute approximate surface area is 165 Å². The SMILES string of the molecule is CN(C)CC[C@@H](C(N)=O)N(C)C(=O)OCC1c2ccccc2-c2ccccc21. The molecule has 0 saturated carbocycles. The first-order valence-corrected chi connectivity index (χ1v) is 9.42. The number of ether oxygens (including phenoxy) is 1. The molecule has 2 amide bonds. The molecule has 28 heavy (non-hydrogen) atoms. The van der Waals surface area contributed by atoms with E-state index in [2.05, 4.69) is 24.3 Å². The number of hydrogen-bond acceptors (Lipinski definition) is 4. The van der Waals surface area contributed by atoms with Gasteiger partial charge in [0.15, 0.2) is 0 Å².